The van der Waals surface area contributed by atoms with Crippen molar-refractivity contribution in [3.8, 4) is 5.75 Å². The molecule has 0 aliphatic carbocycles. The molecule has 1 saturated heterocycles. The van der Waals surface area contributed by atoms with E-state index in [-0.39, 0.29) is 23.7 Å². The molecule has 3 amide bonds. The quantitative estimate of drug-likeness (QED) is 0.782. The lowest BCUT2D eigenvalue weighted by molar-refractivity contribution is -0.120. The van der Waals surface area contributed by atoms with Crippen molar-refractivity contribution in [2.24, 2.45) is 11.5 Å². The molecule has 146 valence electrons. The van der Waals surface area contributed by atoms with E-state index in [9.17, 15) is 14.4 Å². The van der Waals surface area contributed by atoms with Crippen molar-refractivity contribution in [1.82, 2.24) is 9.88 Å². The van der Waals surface area contributed by atoms with Crippen molar-refractivity contribution < 1.29 is 19.1 Å². The van der Waals surface area contributed by atoms with E-state index in [1.54, 1.807) is 29.3 Å². The summed E-state index contributed by atoms with van der Waals surface area (Å²) in [6.45, 7) is 0.621. The van der Waals surface area contributed by atoms with Crippen LogP contribution in [-0.2, 0) is 4.79 Å². The number of primary amides is 2. The molecule has 3 rings (SSSR count). The fourth-order valence-electron chi connectivity index (χ4n) is 2.95. The average molecular weight is 404 g/mol. The van der Waals surface area contributed by atoms with E-state index in [0.29, 0.717) is 18.0 Å². The number of ether oxygens (including phenoxy) is 1. The summed E-state index contributed by atoms with van der Waals surface area (Å²) in [5.74, 6) is -0.995. The zero-order valence-corrected chi connectivity index (χ0v) is 15.5. The highest BCUT2D eigenvalue weighted by Crippen LogP contribution is 2.26. The monoisotopic (exact) mass is 403 g/mol. The molecule has 9 nitrogen and oxygen atoms in total. The Morgan fingerprint density at radius 3 is 2.61 bits per heavy atom. The van der Waals surface area contributed by atoms with E-state index in [2.05, 4.69) is 4.98 Å². The van der Waals surface area contributed by atoms with E-state index >= 15 is 0 Å². The summed E-state index contributed by atoms with van der Waals surface area (Å²) in [6, 6.07) is 7.13. The largest absolute Gasteiger partial charge is 0.415 e. The Bertz CT molecular complexity index is 908. The lowest BCUT2D eigenvalue weighted by atomic mass is 10.1. The number of benzene rings is 1. The summed E-state index contributed by atoms with van der Waals surface area (Å²) in [4.78, 5) is 42.9. The minimum absolute atomic E-state index is 0.0307. The molecule has 28 heavy (non-hydrogen) atoms. The summed E-state index contributed by atoms with van der Waals surface area (Å²) < 4.78 is 5.26. The van der Waals surface area contributed by atoms with E-state index < -0.39 is 23.9 Å². The molecule has 1 aromatic heterocycles. The van der Waals surface area contributed by atoms with Gasteiger partial charge in [-0.2, -0.15) is 0 Å². The smallest absolute Gasteiger partial charge is 0.409 e. The average Bonchev–Trinajstić information content (AvgIpc) is 2.68. The molecule has 0 saturated carbocycles. The van der Waals surface area contributed by atoms with Crippen LogP contribution in [0.3, 0.4) is 0 Å². The van der Waals surface area contributed by atoms with Crippen molar-refractivity contribution >= 4 is 35.2 Å². The van der Waals surface area contributed by atoms with Crippen LogP contribution in [0, 0.1) is 0 Å². The minimum atomic E-state index is -0.808. The van der Waals surface area contributed by atoms with Crippen molar-refractivity contribution in [1.29, 1.82) is 0 Å². The van der Waals surface area contributed by atoms with Crippen LogP contribution in [0.1, 0.15) is 10.4 Å². The Morgan fingerprint density at radius 2 is 1.96 bits per heavy atom. The molecular weight excluding hydrogens is 386 g/mol. The maximum Gasteiger partial charge on any atom is 0.415 e. The first-order valence-electron chi connectivity index (χ1n) is 8.39. The molecule has 1 aromatic carbocycles. The van der Waals surface area contributed by atoms with Crippen molar-refractivity contribution in [3.63, 3.8) is 0 Å². The molecule has 0 spiro atoms. The van der Waals surface area contributed by atoms with Gasteiger partial charge in [-0.05, 0) is 30.3 Å². The molecule has 1 aliphatic rings. The number of nitrogens with two attached hydrogens (primary N) is 2. The number of nitrogens with zero attached hydrogens (tertiary/aromatic N) is 3. The predicted octanol–water partition coefficient (Wildman–Crippen LogP) is 1.01. The van der Waals surface area contributed by atoms with E-state index in [0.717, 1.165) is 0 Å². The second kappa shape index (κ2) is 8.13. The molecular formula is C18H18ClN5O4. The van der Waals surface area contributed by atoms with Gasteiger partial charge in [-0.3, -0.25) is 14.6 Å². The SMILES string of the molecule is NC(=O)c1cc(N2CCN(C(=O)Oc3cccnc3)CC2C(N)=O)ccc1Cl. The number of rotatable bonds is 4. The standard InChI is InChI=1S/C18H18ClN5O4/c19-14-4-3-11(8-13(14)16(20)25)24-7-6-23(10-15(24)17(21)26)18(27)28-12-2-1-5-22-9-12/h1-5,8-9,15H,6-7,10H2,(H2,20,25)(H2,21,26). The number of piperazine rings is 1. The number of pyridine rings is 1. The maximum absolute atomic E-state index is 12.4. The second-order valence-electron chi connectivity index (χ2n) is 6.14. The van der Waals surface area contributed by atoms with Gasteiger partial charge in [0.15, 0.2) is 5.75 Å². The number of hydrogen-bond acceptors (Lipinski definition) is 6. The first-order valence-corrected chi connectivity index (χ1v) is 8.76. The normalized spacial score (nSPS) is 16.5. The number of anilines is 1. The summed E-state index contributed by atoms with van der Waals surface area (Å²) in [7, 11) is 0. The zero-order chi connectivity index (χ0) is 20.3. The Kier molecular flexibility index (Phi) is 5.65. The van der Waals surface area contributed by atoms with Gasteiger partial charge < -0.3 is 26.0 Å². The lowest BCUT2D eigenvalue weighted by Crippen LogP contribution is -2.60. The highest BCUT2D eigenvalue weighted by molar-refractivity contribution is 6.33. The van der Waals surface area contributed by atoms with Gasteiger partial charge in [0.05, 0.1) is 23.3 Å². The van der Waals surface area contributed by atoms with Crippen molar-refractivity contribution in [2.75, 3.05) is 24.5 Å². The topological polar surface area (TPSA) is 132 Å². The zero-order valence-electron chi connectivity index (χ0n) is 14.7. The van der Waals surface area contributed by atoms with Gasteiger partial charge in [-0.25, -0.2) is 4.79 Å². The first-order chi connectivity index (χ1) is 13.4. The van der Waals surface area contributed by atoms with Crippen LogP contribution in [0.15, 0.2) is 42.7 Å². The number of carbonyl (C=O) groups excluding carboxylic acids is 3. The van der Waals surface area contributed by atoms with Gasteiger partial charge >= 0.3 is 6.09 Å². The summed E-state index contributed by atoms with van der Waals surface area (Å²) in [5, 5.41) is 0.213. The van der Waals surface area contributed by atoms with Crippen LogP contribution in [-0.4, -0.2) is 53.5 Å². The fourth-order valence-corrected chi connectivity index (χ4v) is 3.17. The third-order valence-electron chi connectivity index (χ3n) is 4.35. The highest BCUT2D eigenvalue weighted by Gasteiger charge is 2.34. The number of carbonyl (C=O) groups is 3. The molecule has 10 heteroatoms. The summed E-state index contributed by atoms with van der Waals surface area (Å²) in [6.07, 6.45) is 2.37. The lowest BCUT2D eigenvalue weighted by Gasteiger charge is -2.40. The Hall–Kier alpha value is -3.33. The Balaban J connectivity index is 1.78. The van der Waals surface area contributed by atoms with Crippen LogP contribution in [0.4, 0.5) is 10.5 Å². The third-order valence-corrected chi connectivity index (χ3v) is 4.68. The summed E-state index contributed by atoms with van der Waals surface area (Å²) in [5.41, 5.74) is 11.6. The van der Waals surface area contributed by atoms with E-state index in [1.807, 2.05) is 0 Å². The minimum Gasteiger partial charge on any atom is -0.409 e. The van der Waals surface area contributed by atoms with Gasteiger partial charge in [0.25, 0.3) is 0 Å². The molecule has 0 bridgehead atoms. The molecule has 1 unspecified atom stereocenters. The van der Waals surface area contributed by atoms with Crippen molar-refractivity contribution in [2.45, 2.75) is 6.04 Å². The maximum atomic E-state index is 12.4. The third kappa shape index (κ3) is 4.15. The predicted molar refractivity (Wildman–Crippen MR) is 102 cm³/mol. The van der Waals surface area contributed by atoms with Crippen LogP contribution >= 0.6 is 11.6 Å². The Morgan fingerprint density at radius 1 is 1.18 bits per heavy atom. The fraction of sp³-hybridized carbons (Fsp3) is 0.222. The molecule has 2 heterocycles. The molecule has 0 radical (unpaired) electrons. The molecule has 1 atom stereocenters. The van der Waals surface area contributed by atoms with Gasteiger partial charge in [0, 0.05) is 25.0 Å². The molecule has 1 fully saturated rings. The Labute approximate surface area is 165 Å². The number of halogens is 1. The number of aromatic nitrogens is 1. The van der Waals surface area contributed by atoms with Crippen molar-refractivity contribution in [3.05, 3.63) is 53.3 Å². The molecule has 1 aliphatic heterocycles. The van der Waals surface area contributed by atoms with Crippen LogP contribution in [0.2, 0.25) is 5.02 Å². The van der Waals surface area contributed by atoms with Gasteiger partial charge in [0.1, 0.15) is 6.04 Å². The van der Waals surface area contributed by atoms with Crippen LogP contribution < -0.4 is 21.1 Å². The molecule has 2 aromatic rings. The highest BCUT2D eigenvalue weighted by atomic mass is 35.5. The molecule has 4 N–H and O–H groups in total. The number of hydrogen-bond donors (Lipinski definition) is 2. The first kappa shape index (κ1) is 19.4. The van der Waals surface area contributed by atoms with E-state index in [4.69, 9.17) is 27.8 Å². The van der Waals surface area contributed by atoms with E-state index in [1.165, 1.54) is 23.2 Å². The summed E-state index contributed by atoms with van der Waals surface area (Å²) >= 11 is 5.99. The van der Waals surface area contributed by atoms with Crippen LogP contribution in [0.25, 0.3) is 0 Å². The van der Waals surface area contributed by atoms with Gasteiger partial charge in [-0.15, -0.1) is 0 Å². The van der Waals surface area contributed by atoms with Crippen LogP contribution in [0.5, 0.6) is 5.75 Å². The number of amides is 3. The second-order valence-corrected chi connectivity index (χ2v) is 6.55. The van der Waals surface area contributed by atoms with Gasteiger partial charge in [0.2, 0.25) is 11.8 Å². The van der Waals surface area contributed by atoms with Gasteiger partial charge in [-0.1, -0.05) is 11.6 Å².